The molecule has 0 aromatic carbocycles. The van der Waals surface area contributed by atoms with E-state index in [-0.39, 0.29) is 12.0 Å². The van der Waals surface area contributed by atoms with Crippen molar-refractivity contribution >= 4 is 11.6 Å². The lowest BCUT2D eigenvalue weighted by molar-refractivity contribution is 0.665. The summed E-state index contributed by atoms with van der Waals surface area (Å²) >= 11 is 0. The second-order valence-electron chi connectivity index (χ2n) is 4.95. The monoisotopic (exact) mass is 262 g/mol. The van der Waals surface area contributed by atoms with E-state index in [1.165, 1.54) is 6.33 Å². The number of hydrogen-bond donors (Lipinski definition) is 2. The molecular formula is C13H22N6. The van der Waals surface area contributed by atoms with Crippen molar-refractivity contribution in [3.63, 3.8) is 0 Å². The largest absolute Gasteiger partial charge is 0.353 e. The van der Waals surface area contributed by atoms with Crippen LogP contribution in [0.2, 0.25) is 0 Å². The zero-order valence-electron chi connectivity index (χ0n) is 12.0. The number of nitrogens with two attached hydrogens (primary N) is 1. The van der Waals surface area contributed by atoms with Crippen LogP contribution in [0.1, 0.15) is 45.6 Å². The maximum Gasteiger partial charge on any atom is 0.148 e. The van der Waals surface area contributed by atoms with Crippen LogP contribution in [-0.4, -0.2) is 22.6 Å². The molecule has 3 N–H and O–H groups in total. The summed E-state index contributed by atoms with van der Waals surface area (Å²) < 4.78 is 0. The molecule has 6 heteroatoms. The highest BCUT2D eigenvalue weighted by Crippen LogP contribution is 2.31. The van der Waals surface area contributed by atoms with Crippen molar-refractivity contribution in [2.24, 2.45) is 5.84 Å². The zero-order valence-corrected chi connectivity index (χ0v) is 12.0. The predicted molar refractivity (Wildman–Crippen MR) is 76.6 cm³/mol. The van der Waals surface area contributed by atoms with Crippen LogP contribution >= 0.6 is 0 Å². The fraction of sp³-hybridized carbons (Fsp3) is 0.615. The van der Waals surface area contributed by atoms with E-state index in [2.05, 4.69) is 54.1 Å². The Morgan fingerprint density at radius 1 is 1.37 bits per heavy atom. The summed E-state index contributed by atoms with van der Waals surface area (Å²) in [6.45, 7) is 8.96. The number of anilines is 2. The van der Waals surface area contributed by atoms with Gasteiger partial charge >= 0.3 is 0 Å². The Labute approximate surface area is 114 Å². The van der Waals surface area contributed by atoms with Gasteiger partial charge < -0.3 is 10.3 Å². The molecule has 0 bridgehead atoms. The van der Waals surface area contributed by atoms with E-state index >= 15 is 0 Å². The van der Waals surface area contributed by atoms with E-state index in [1.54, 1.807) is 0 Å². The molecule has 0 aliphatic rings. The summed E-state index contributed by atoms with van der Waals surface area (Å²) in [5.74, 6) is 7.26. The molecule has 0 amide bonds. The van der Waals surface area contributed by atoms with Crippen molar-refractivity contribution in [3.8, 4) is 6.07 Å². The Hall–Kier alpha value is -1.87. The molecule has 19 heavy (non-hydrogen) atoms. The van der Waals surface area contributed by atoms with Gasteiger partial charge in [0.25, 0.3) is 0 Å². The van der Waals surface area contributed by atoms with Crippen LogP contribution in [0.5, 0.6) is 0 Å². The van der Waals surface area contributed by atoms with E-state index in [9.17, 15) is 0 Å². The van der Waals surface area contributed by atoms with E-state index in [0.29, 0.717) is 18.8 Å². The Morgan fingerprint density at radius 3 is 2.53 bits per heavy atom. The third-order valence-corrected chi connectivity index (χ3v) is 2.94. The third kappa shape index (κ3) is 3.55. The molecule has 1 rings (SSSR count). The average Bonchev–Trinajstić information content (AvgIpc) is 2.38. The quantitative estimate of drug-likeness (QED) is 0.602. The Kier molecular flexibility index (Phi) is 5.52. The van der Waals surface area contributed by atoms with Gasteiger partial charge in [-0.3, -0.25) is 0 Å². The second-order valence-corrected chi connectivity index (χ2v) is 4.95. The maximum absolute atomic E-state index is 8.78. The molecule has 6 nitrogen and oxygen atoms in total. The molecule has 0 radical (unpaired) electrons. The first-order chi connectivity index (χ1) is 9.02. The van der Waals surface area contributed by atoms with Gasteiger partial charge in [-0.05, 0) is 19.8 Å². The fourth-order valence-corrected chi connectivity index (χ4v) is 2.04. The SMILES string of the molecule is CC(C)c1c(NN)ncnc1N(CCC#N)C(C)C. The molecule has 1 heterocycles. The lowest BCUT2D eigenvalue weighted by Crippen LogP contribution is -2.34. The van der Waals surface area contributed by atoms with Gasteiger partial charge in [0.1, 0.15) is 18.0 Å². The van der Waals surface area contributed by atoms with Crippen LogP contribution in [-0.2, 0) is 0 Å². The Bertz CT molecular complexity index is 449. The van der Waals surface area contributed by atoms with Crippen molar-refractivity contribution < 1.29 is 0 Å². The first-order valence-electron chi connectivity index (χ1n) is 6.48. The van der Waals surface area contributed by atoms with Gasteiger partial charge in [-0.1, -0.05) is 13.8 Å². The number of hydrogen-bond acceptors (Lipinski definition) is 6. The molecule has 0 spiro atoms. The first kappa shape index (κ1) is 15.2. The molecule has 0 aliphatic heterocycles. The van der Waals surface area contributed by atoms with Gasteiger partial charge in [0.05, 0.1) is 12.5 Å². The van der Waals surface area contributed by atoms with E-state index < -0.39 is 0 Å². The highest BCUT2D eigenvalue weighted by Gasteiger charge is 2.21. The smallest absolute Gasteiger partial charge is 0.148 e. The van der Waals surface area contributed by atoms with Gasteiger partial charge in [-0.15, -0.1) is 0 Å². The van der Waals surface area contributed by atoms with Crippen LogP contribution < -0.4 is 16.2 Å². The lowest BCUT2D eigenvalue weighted by Gasteiger charge is -2.30. The molecular weight excluding hydrogens is 240 g/mol. The molecule has 1 aromatic heterocycles. The number of hydrazine groups is 1. The standard InChI is InChI=1S/C13H22N6/c1-9(2)11-12(18-15)16-8-17-13(11)19(10(3)4)7-5-6-14/h8-10H,5,7,15H2,1-4H3,(H,16,17,18). The minimum Gasteiger partial charge on any atom is -0.353 e. The first-order valence-corrected chi connectivity index (χ1v) is 6.48. The van der Waals surface area contributed by atoms with Crippen LogP contribution in [0.3, 0.4) is 0 Å². The predicted octanol–water partition coefficient (Wildman–Crippen LogP) is 2.01. The molecule has 0 unspecified atom stereocenters. The van der Waals surface area contributed by atoms with Gasteiger partial charge in [-0.25, -0.2) is 15.8 Å². The second kappa shape index (κ2) is 6.90. The molecule has 104 valence electrons. The highest BCUT2D eigenvalue weighted by molar-refractivity contribution is 5.60. The molecule has 0 fully saturated rings. The van der Waals surface area contributed by atoms with Crippen molar-refractivity contribution in [1.82, 2.24) is 9.97 Å². The van der Waals surface area contributed by atoms with Crippen molar-refractivity contribution in [1.29, 1.82) is 5.26 Å². The van der Waals surface area contributed by atoms with Crippen molar-refractivity contribution in [2.45, 2.75) is 46.1 Å². The number of nitrogen functional groups attached to an aromatic ring is 1. The molecule has 1 aromatic rings. The maximum atomic E-state index is 8.78. The van der Waals surface area contributed by atoms with E-state index in [0.717, 1.165) is 11.4 Å². The highest BCUT2D eigenvalue weighted by atomic mass is 15.3. The molecule has 0 aliphatic carbocycles. The Balaban J connectivity index is 3.25. The summed E-state index contributed by atoms with van der Waals surface area (Å²) in [5, 5.41) is 8.78. The molecule has 0 saturated carbocycles. The lowest BCUT2D eigenvalue weighted by atomic mass is 10.0. The number of rotatable bonds is 6. The van der Waals surface area contributed by atoms with Crippen LogP contribution in [0.25, 0.3) is 0 Å². The average molecular weight is 262 g/mol. The van der Waals surface area contributed by atoms with Crippen LogP contribution in [0.15, 0.2) is 6.33 Å². The number of nitrogens with zero attached hydrogens (tertiary/aromatic N) is 4. The van der Waals surface area contributed by atoms with Gasteiger partial charge in [0, 0.05) is 18.2 Å². The Morgan fingerprint density at radius 2 is 2.05 bits per heavy atom. The van der Waals surface area contributed by atoms with Crippen molar-refractivity contribution in [3.05, 3.63) is 11.9 Å². The van der Waals surface area contributed by atoms with Crippen LogP contribution in [0, 0.1) is 11.3 Å². The fourth-order valence-electron chi connectivity index (χ4n) is 2.04. The minimum atomic E-state index is 0.241. The summed E-state index contributed by atoms with van der Waals surface area (Å²) in [7, 11) is 0. The normalized spacial score (nSPS) is 10.6. The van der Waals surface area contributed by atoms with E-state index in [4.69, 9.17) is 11.1 Å². The summed E-state index contributed by atoms with van der Waals surface area (Å²) in [6.07, 6.45) is 1.96. The van der Waals surface area contributed by atoms with Crippen molar-refractivity contribution in [2.75, 3.05) is 16.9 Å². The van der Waals surface area contributed by atoms with Gasteiger partial charge in [-0.2, -0.15) is 5.26 Å². The number of nitriles is 1. The molecule has 0 atom stereocenters. The summed E-state index contributed by atoms with van der Waals surface area (Å²) in [5.41, 5.74) is 3.61. The topological polar surface area (TPSA) is 90.9 Å². The third-order valence-electron chi connectivity index (χ3n) is 2.94. The minimum absolute atomic E-state index is 0.241. The van der Waals surface area contributed by atoms with Gasteiger partial charge in [0.2, 0.25) is 0 Å². The summed E-state index contributed by atoms with van der Waals surface area (Å²) in [4.78, 5) is 10.7. The van der Waals surface area contributed by atoms with Crippen LogP contribution in [0.4, 0.5) is 11.6 Å². The number of nitrogens with one attached hydrogen (secondary N) is 1. The summed E-state index contributed by atoms with van der Waals surface area (Å²) in [6, 6.07) is 2.43. The number of aromatic nitrogens is 2. The van der Waals surface area contributed by atoms with E-state index in [1.807, 2.05) is 0 Å². The van der Waals surface area contributed by atoms with Gasteiger partial charge in [0.15, 0.2) is 0 Å². The molecule has 0 saturated heterocycles. The zero-order chi connectivity index (χ0) is 14.4.